The molecule has 1 aliphatic carbocycles. The molecule has 2 aromatic heterocycles. The van der Waals surface area contributed by atoms with Crippen molar-refractivity contribution >= 4 is 32.4 Å². The molecule has 1 saturated carbocycles. The number of hydrogen-bond donors (Lipinski definition) is 1. The van der Waals surface area contributed by atoms with Gasteiger partial charge in [-0.25, -0.2) is 18.4 Å². The summed E-state index contributed by atoms with van der Waals surface area (Å²) in [5, 5.41) is 0.677. The summed E-state index contributed by atoms with van der Waals surface area (Å²) in [5.74, 6) is 0.888. The highest BCUT2D eigenvalue weighted by Gasteiger charge is 2.35. The molecule has 0 amide bonds. The normalized spacial score (nSPS) is 17.4. The lowest BCUT2D eigenvalue weighted by Gasteiger charge is -2.28. The van der Waals surface area contributed by atoms with E-state index in [2.05, 4.69) is 24.6 Å². The number of sulfonamides is 1. The van der Waals surface area contributed by atoms with Crippen LogP contribution in [0.3, 0.4) is 0 Å². The van der Waals surface area contributed by atoms with Crippen LogP contribution in [0, 0.1) is 0 Å². The van der Waals surface area contributed by atoms with Gasteiger partial charge in [0, 0.05) is 30.2 Å². The van der Waals surface area contributed by atoms with Crippen molar-refractivity contribution in [2.75, 3.05) is 35.9 Å². The average Bonchev–Trinajstić information content (AvgIpc) is 3.60. The number of benzene rings is 1. The standard InChI is InChI=1S/C20H21N5O3S/c26-29(27,17-2-3-17)24-16-9-15(11-21-12-16)14-1-4-19-18(10-14)20(23-13-22-19)25-5-7-28-8-6-25/h1,4,9-13,17,24H,2-3,5-8H2. The second-order valence-electron chi connectivity index (χ2n) is 7.34. The number of pyridine rings is 1. The van der Waals surface area contributed by atoms with Gasteiger partial charge in [0.25, 0.3) is 0 Å². The summed E-state index contributed by atoms with van der Waals surface area (Å²) in [6, 6.07) is 7.77. The van der Waals surface area contributed by atoms with Crippen LogP contribution in [0.4, 0.5) is 11.5 Å². The quantitative estimate of drug-likeness (QED) is 0.689. The Balaban J connectivity index is 1.51. The van der Waals surface area contributed by atoms with Crippen molar-refractivity contribution in [3.8, 4) is 11.1 Å². The van der Waals surface area contributed by atoms with Gasteiger partial charge in [-0.2, -0.15) is 0 Å². The van der Waals surface area contributed by atoms with Crippen LogP contribution in [0.15, 0.2) is 43.0 Å². The minimum Gasteiger partial charge on any atom is -0.378 e. The van der Waals surface area contributed by atoms with Gasteiger partial charge in [-0.15, -0.1) is 0 Å². The molecule has 0 radical (unpaired) electrons. The highest BCUT2D eigenvalue weighted by molar-refractivity contribution is 7.93. The topological polar surface area (TPSA) is 97.3 Å². The van der Waals surface area contributed by atoms with Crippen LogP contribution in [0.25, 0.3) is 22.0 Å². The maximum Gasteiger partial charge on any atom is 0.235 e. The largest absolute Gasteiger partial charge is 0.378 e. The Morgan fingerprint density at radius 1 is 1.03 bits per heavy atom. The second kappa shape index (κ2) is 7.23. The number of aromatic nitrogens is 3. The Morgan fingerprint density at radius 2 is 1.86 bits per heavy atom. The molecule has 0 atom stereocenters. The summed E-state index contributed by atoms with van der Waals surface area (Å²) in [4.78, 5) is 15.3. The summed E-state index contributed by atoms with van der Waals surface area (Å²) in [6.45, 7) is 2.93. The molecule has 1 N–H and O–H groups in total. The minimum atomic E-state index is -3.32. The molecule has 29 heavy (non-hydrogen) atoms. The number of anilines is 2. The number of fused-ring (bicyclic) bond motifs is 1. The third kappa shape index (κ3) is 3.75. The van der Waals surface area contributed by atoms with Crippen molar-refractivity contribution in [2.24, 2.45) is 0 Å². The van der Waals surface area contributed by atoms with Crippen molar-refractivity contribution in [3.05, 3.63) is 43.0 Å². The van der Waals surface area contributed by atoms with Crippen molar-refractivity contribution < 1.29 is 13.2 Å². The lowest BCUT2D eigenvalue weighted by atomic mass is 10.0. The molecular formula is C20H21N5O3S. The highest BCUT2D eigenvalue weighted by atomic mass is 32.2. The molecule has 0 unspecified atom stereocenters. The molecule has 1 aromatic carbocycles. The van der Waals surface area contributed by atoms with E-state index in [0.29, 0.717) is 18.9 Å². The van der Waals surface area contributed by atoms with Gasteiger partial charge >= 0.3 is 0 Å². The SMILES string of the molecule is O=S(=O)(Nc1cncc(-c2ccc3ncnc(N4CCOCC4)c3c2)c1)C1CC1. The first-order chi connectivity index (χ1) is 14.1. The first kappa shape index (κ1) is 18.3. The molecule has 9 heteroatoms. The van der Waals surface area contributed by atoms with Crippen LogP contribution in [0.1, 0.15) is 12.8 Å². The number of hydrogen-bond acceptors (Lipinski definition) is 7. The van der Waals surface area contributed by atoms with Crippen LogP contribution in [-0.4, -0.2) is 54.9 Å². The fraction of sp³-hybridized carbons (Fsp3) is 0.350. The fourth-order valence-electron chi connectivity index (χ4n) is 3.53. The third-order valence-electron chi connectivity index (χ3n) is 5.22. The van der Waals surface area contributed by atoms with Gasteiger partial charge < -0.3 is 9.64 Å². The van der Waals surface area contributed by atoms with E-state index in [-0.39, 0.29) is 5.25 Å². The van der Waals surface area contributed by atoms with Gasteiger partial charge in [0.15, 0.2) is 0 Å². The van der Waals surface area contributed by atoms with Crippen molar-refractivity contribution in [1.29, 1.82) is 0 Å². The van der Waals surface area contributed by atoms with Gasteiger partial charge in [-0.1, -0.05) is 6.07 Å². The van der Waals surface area contributed by atoms with Crippen LogP contribution in [0.2, 0.25) is 0 Å². The molecule has 8 nitrogen and oxygen atoms in total. The predicted octanol–water partition coefficient (Wildman–Crippen LogP) is 2.43. The predicted molar refractivity (Wildman–Crippen MR) is 111 cm³/mol. The Bertz CT molecular complexity index is 1160. The Morgan fingerprint density at radius 3 is 2.66 bits per heavy atom. The van der Waals surface area contributed by atoms with E-state index >= 15 is 0 Å². The molecular weight excluding hydrogens is 390 g/mol. The maximum atomic E-state index is 12.2. The van der Waals surface area contributed by atoms with Crippen LogP contribution < -0.4 is 9.62 Å². The summed E-state index contributed by atoms with van der Waals surface area (Å²) in [5.41, 5.74) is 3.11. The van der Waals surface area contributed by atoms with Crippen LogP contribution in [0.5, 0.6) is 0 Å². The van der Waals surface area contributed by atoms with Crippen LogP contribution >= 0.6 is 0 Å². The van der Waals surface area contributed by atoms with Crippen molar-refractivity contribution in [2.45, 2.75) is 18.1 Å². The lowest BCUT2D eigenvalue weighted by molar-refractivity contribution is 0.122. The first-order valence-electron chi connectivity index (χ1n) is 9.65. The molecule has 0 spiro atoms. The van der Waals surface area contributed by atoms with Gasteiger partial charge in [0.2, 0.25) is 10.0 Å². The Labute approximate surface area is 169 Å². The van der Waals surface area contributed by atoms with Gasteiger partial charge in [-0.3, -0.25) is 9.71 Å². The monoisotopic (exact) mass is 411 g/mol. The number of rotatable bonds is 5. The third-order valence-corrected chi connectivity index (χ3v) is 7.09. The zero-order chi connectivity index (χ0) is 19.8. The van der Waals surface area contributed by atoms with Gasteiger partial charge in [0.05, 0.1) is 35.9 Å². The molecule has 150 valence electrons. The number of nitrogens with one attached hydrogen (secondary N) is 1. The van der Waals surface area contributed by atoms with E-state index < -0.39 is 10.0 Å². The molecule has 2 aliphatic rings. The summed E-state index contributed by atoms with van der Waals surface area (Å²) in [7, 11) is -3.32. The Hall–Kier alpha value is -2.78. The van der Waals surface area contributed by atoms with E-state index in [1.54, 1.807) is 12.5 Å². The number of nitrogens with zero attached hydrogens (tertiary/aromatic N) is 4. The summed E-state index contributed by atoms with van der Waals surface area (Å²) < 4.78 is 32.6. The smallest absolute Gasteiger partial charge is 0.235 e. The molecule has 2 fully saturated rings. The van der Waals surface area contributed by atoms with Crippen molar-refractivity contribution in [3.63, 3.8) is 0 Å². The fourth-order valence-corrected chi connectivity index (χ4v) is 4.89. The zero-order valence-electron chi connectivity index (χ0n) is 15.8. The van der Waals surface area contributed by atoms with E-state index in [1.807, 2.05) is 24.3 Å². The first-order valence-corrected chi connectivity index (χ1v) is 11.2. The number of morpholine rings is 1. The molecule has 3 heterocycles. The van der Waals surface area contributed by atoms with Gasteiger partial charge in [0.1, 0.15) is 12.1 Å². The van der Waals surface area contributed by atoms with E-state index in [1.165, 1.54) is 6.20 Å². The maximum absolute atomic E-state index is 12.2. The van der Waals surface area contributed by atoms with Gasteiger partial charge in [-0.05, 0) is 36.6 Å². The molecule has 1 saturated heterocycles. The van der Waals surface area contributed by atoms with Crippen molar-refractivity contribution in [1.82, 2.24) is 15.0 Å². The summed E-state index contributed by atoms with van der Waals surface area (Å²) in [6.07, 6.45) is 6.29. The second-order valence-corrected chi connectivity index (χ2v) is 9.30. The van der Waals surface area contributed by atoms with E-state index in [4.69, 9.17) is 4.74 Å². The number of ether oxygens (including phenoxy) is 1. The Kier molecular flexibility index (Phi) is 4.56. The molecule has 3 aromatic rings. The molecule has 0 bridgehead atoms. The van der Waals surface area contributed by atoms with E-state index in [9.17, 15) is 8.42 Å². The average molecular weight is 411 g/mol. The highest BCUT2D eigenvalue weighted by Crippen LogP contribution is 2.32. The van der Waals surface area contributed by atoms with Crippen LogP contribution in [-0.2, 0) is 14.8 Å². The molecule has 5 rings (SSSR count). The summed E-state index contributed by atoms with van der Waals surface area (Å²) >= 11 is 0. The zero-order valence-corrected chi connectivity index (χ0v) is 16.6. The lowest BCUT2D eigenvalue weighted by Crippen LogP contribution is -2.36. The minimum absolute atomic E-state index is 0.278. The van der Waals surface area contributed by atoms with E-state index in [0.717, 1.165) is 53.8 Å². The molecule has 1 aliphatic heterocycles.